The van der Waals surface area contributed by atoms with Gasteiger partial charge in [0.1, 0.15) is 28.0 Å². The number of carbonyl (C=O) groups is 2. The Morgan fingerprint density at radius 2 is 1.90 bits per heavy atom. The molecule has 0 aliphatic heterocycles. The van der Waals surface area contributed by atoms with E-state index in [1.54, 1.807) is 4.72 Å². The van der Waals surface area contributed by atoms with E-state index in [2.05, 4.69) is 4.74 Å². The van der Waals surface area contributed by atoms with Crippen LogP contribution >= 0.6 is 0 Å². The van der Waals surface area contributed by atoms with Crippen molar-refractivity contribution in [3.05, 3.63) is 17.1 Å². The lowest BCUT2D eigenvalue weighted by atomic mass is 10.2. The molecule has 10 heteroatoms. The summed E-state index contributed by atoms with van der Waals surface area (Å²) in [6, 6.07) is -1.74. The van der Waals surface area contributed by atoms with Gasteiger partial charge < -0.3 is 19.4 Å². The quantitative estimate of drug-likeness (QED) is 0.590. The number of esters is 1. The molecule has 0 aliphatic carbocycles. The van der Waals surface area contributed by atoms with E-state index in [4.69, 9.17) is 14.6 Å². The van der Waals surface area contributed by atoms with E-state index in [-0.39, 0.29) is 17.1 Å². The van der Waals surface area contributed by atoms with Gasteiger partial charge in [-0.05, 0) is 13.8 Å². The van der Waals surface area contributed by atoms with Crippen LogP contribution in [0.3, 0.4) is 0 Å². The van der Waals surface area contributed by atoms with Crippen molar-refractivity contribution in [2.75, 3.05) is 13.7 Å². The first-order chi connectivity index (χ1) is 9.65. The molecule has 0 aromatic carbocycles. The lowest BCUT2D eigenvalue weighted by Gasteiger charge is -2.12. The van der Waals surface area contributed by atoms with Gasteiger partial charge in [0.05, 0.1) is 13.7 Å². The zero-order chi connectivity index (χ0) is 16.4. The van der Waals surface area contributed by atoms with Gasteiger partial charge in [-0.3, -0.25) is 4.79 Å². The van der Waals surface area contributed by atoms with Crippen molar-refractivity contribution in [3.63, 3.8) is 0 Å². The van der Waals surface area contributed by atoms with Gasteiger partial charge in [-0.15, -0.1) is 0 Å². The summed E-state index contributed by atoms with van der Waals surface area (Å²) in [5, 5.41) is 17.7. The number of carbonyl (C=O) groups excluding carboxylic acids is 1. The predicted octanol–water partition coefficient (Wildman–Crippen LogP) is -0.593. The second kappa shape index (κ2) is 6.24. The molecule has 0 aliphatic rings. The number of aliphatic hydroxyl groups is 1. The highest BCUT2D eigenvalue weighted by molar-refractivity contribution is 7.89. The molecule has 0 fully saturated rings. The summed E-state index contributed by atoms with van der Waals surface area (Å²) in [5.74, 6) is -2.56. The van der Waals surface area contributed by atoms with Crippen LogP contribution in [0.25, 0.3) is 0 Å². The molecule has 9 nitrogen and oxygen atoms in total. The normalized spacial score (nSPS) is 13.0. The zero-order valence-corrected chi connectivity index (χ0v) is 12.4. The molecular formula is C11H15NO8S. The third kappa shape index (κ3) is 3.40. The van der Waals surface area contributed by atoms with Crippen molar-refractivity contribution >= 4 is 22.0 Å². The predicted molar refractivity (Wildman–Crippen MR) is 68.4 cm³/mol. The average Bonchev–Trinajstić information content (AvgIpc) is 2.70. The van der Waals surface area contributed by atoms with Gasteiger partial charge in [-0.1, -0.05) is 0 Å². The molecule has 3 N–H and O–H groups in total. The number of furan rings is 1. The second-order valence-corrected chi connectivity index (χ2v) is 5.76. The number of nitrogens with one attached hydrogen (secondary N) is 1. The number of ether oxygens (including phenoxy) is 1. The van der Waals surface area contributed by atoms with Crippen LogP contribution in [0.1, 0.15) is 21.9 Å². The smallest absolute Gasteiger partial charge is 0.342 e. The molecule has 1 atom stereocenters. The molecule has 0 spiro atoms. The minimum absolute atomic E-state index is 0.0237. The number of sulfonamides is 1. The second-order valence-electron chi connectivity index (χ2n) is 4.10. The number of carboxylic acid groups (broad SMARTS) is 1. The summed E-state index contributed by atoms with van der Waals surface area (Å²) in [6.07, 6.45) is 0. The van der Waals surface area contributed by atoms with E-state index < -0.39 is 39.5 Å². The van der Waals surface area contributed by atoms with Crippen molar-refractivity contribution in [2.45, 2.75) is 24.8 Å². The average molecular weight is 321 g/mol. The van der Waals surface area contributed by atoms with Crippen LogP contribution < -0.4 is 4.72 Å². The van der Waals surface area contributed by atoms with Crippen LogP contribution in [0.5, 0.6) is 0 Å². The minimum Gasteiger partial charge on any atom is -0.480 e. The lowest BCUT2D eigenvalue weighted by Crippen LogP contribution is -2.43. The van der Waals surface area contributed by atoms with Crippen molar-refractivity contribution in [3.8, 4) is 0 Å². The zero-order valence-electron chi connectivity index (χ0n) is 11.5. The number of methoxy groups -OCH3 is 1. The van der Waals surface area contributed by atoms with Gasteiger partial charge in [-0.2, -0.15) is 4.72 Å². The van der Waals surface area contributed by atoms with Crippen LogP contribution in [-0.2, 0) is 19.6 Å². The first-order valence-corrected chi connectivity index (χ1v) is 7.18. The number of hydrogen-bond acceptors (Lipinski definition) is 7. The van der Waals surface area contributed by atoms with Gasteiger partial charge in [0.25, 0.3) is 0 Å². The topological polar surface area (TPSA) is 143 Å². The fourth-order valence-electron chi connectivity index (χ4n) is 1.74. The summed E-state index contributed by atoms with van der Waals surface area (Å²) >= 11 is 0. The van der Waals surface area contributed by atoms with Crippen LogP contribution in [0.15, 0.2) is 9.31 Å². The van der Waals surface area contributed by atoms with Crippen LogP contribution in [-0.4, -0.2) is 50.3 Å². The maximum Gasteiger partial charge on any atom is 0.342 e. The molecule has 0 amide bonds. The summed E-state index contributed by atoms with van der Waals surface area (Å²) < 4.78 is 35.8. The Morgan fingerprint density at radius 3 is 2.33 bits per heavy atom. The van der Waals surface area contributed by atoms with Gasteiger partial charge in [0.15, 0.2) is 0 Å². The molecule has 1 rings (SSSR count). The fraction of sp³-hybridized carbons (Fsp3) is 0.455. The molecule has 1 aromatic rings. The molecule has 1 unspecified atom stereocenters. The third-order valence-corrected chi connectivity index (χ3v) is 4.27. The number of aryl methyl sites for hydroxylation is 2. The molecule has 0 bridgehead atoms. The number of aliphatic carboxylic acids is 1. The molecule has 0 radical (unpaired) electrons. The van der Waals surface area contributed by atoms with Gasteiger partial charge in [0.2, 0.25) is 10.0 Å². The Hall–Kier alpha value is -1.91. The van der Waals surface area contributed by atoms with E-state index >= 15 is 0 Å². The molecule has 1 heterocycles. The van der Waals surface area contributed by atoms with Gasteiger partial charge >= 0.3 is 11.9 Å². The number of hydrogen-bond donors (Lipinski definition) is 3. The third-order valence-electron chi connectivity index (χ3n) is 2.64. The summed E-state index contributed by atoms with van der Waals surface area (Å²) in [4.78, 5) is 22.0. The molecular weight excluding hydrogens is 306 g/mol. The maximum absolute atomic E-state index is 12.2. The highest BCUT2D eigenvalue weighted by Crippen LogP contribution is 2.27. The van der Waals surface area contributed by atoms with Crippen molar-refractivity contribution in [1.82, 2.24) is 4.72 Å². The maximum atomic E-state index is 12.2. The molecule has 0 saturated carbocycles. The van der Waals surface area contributed by atoms with E-state index in [0.29, 0.717) is 0 Å². The number of aliphatic hydroxyl groups excluding tert-OH is 1. The van der Waals surface area contributed by atoms with Crippen LogP contribution in [0, 0.1) is 13.8 Å². The van der Waals surface area contributed by atoms with Crippen LogP contribution in [0.2, 0.25) is 0 Å². The Kier molecular flexibility index (Phi) is 5.10. The number of rotatable bonds is 6. The van der Waals surface area contributed by atoms with Crippen molar-refractivity contribution in [1.29, 1.82) is 0 Å². The van der Waals surface area contributed by atoms with Crippen molar-refractivity contribution < 1.29 is 37.4 Å². The largest absolute Gasteiger partial charge is 0.480 e. The van der Waals surface area contributed by atoms with Crippen LogP contribution in [0.4, 0.5) is 0 Å². The molecule has 0 saturated heterocycles. The first kappa shape index (κ1) is 17.1. The molecule has 1 aromatic heterocycles. The van der Waals surface area contributed by atoms with Gasteiger partial charge in [0, 0.05) is 0 Å². The molecule has 118 valence electrons. The summed E-state index contributed by atoms with van der Waals surface area (Å²) in [6.45, 7) is 1.74. The first-order valence-electron chi connectivity index (χ1n) is 5.70. The summed E-state index contributed by atoms with van der Waals surface area (Å²) in [5.41, 5.74) is -0.315. The number of carboxylic acids is 1. The van der Waals surface area contributed by atoms with E-state index in [1.807, 2.05) is 0 Å². The van der Waals surface area contributed by atoms with Crippen molar-refractivity contribution in [2.24, 2.45) is 0 Å². The Bertz CT molecular complexity index is 660. The van der Waals surface area contributed by atoms with E-state index in [1.165, 1.54) is 13.8 Å². The summed E-state index contributed by atoms with van der Waals surface area (Å²) in [7, 11) is -3.33. The Morgan fingerprint density at radius 1 is 1.33 bits per heavy atom. The van der Waals surface area contributed by atoms with E-state index in [0.717, 1.165) is 7.11 Å². The molecule has 21 heavy (non-hydrogen) atoms. The standard InChI is InChI=1S/C11H15NO8S/c1-5-8(11(16)19-3)9(6(2)20-5)21(17,18)12-7(4-13)10(14)15/h7,12-13H,4H2,1-3H3,(H,14,15). The highest BCUT2D eigenvalue weighted by Gasteiger charge is 2.34. The minimum atomic E-state index is -4.40. The lowest BCUT2D eigenvalue weighted by molar-refractivity contribution is -0.139. The van der Waals surface area contributed by atoms with Gasteiger partial charge in [-0.25, -0.2) is 13.2 Å². The monoisotopic (exact) mass is 321 g/mol. The van der Waals surface area contributed by atoms with E-state index in [9.17, 15) is 18.0 Å². The Balaban J connectivity index is 3.38. The fourth-order valence-corrected chi connectivity index (χ4v) is 3.32. The SMILES string of the molecule is COC(=O)c1c(C)oc(C)c1S(=O)(=O)NC(CO)C(=O)O. The highest BCUT2D eigenvalue weighted by atomic mass is 32.2. The Labute approximate surface area is 120 Å².